The molecule has 3 saturated heterocycles. The van der Waals surface area contributed by atoms with Crippen molar-refractivity contribution < 1.29 is 9.53 Å². The fourth-order valence-corrected chi connectivity index (χ4v) is 3.64. The summed E-state index contributed by atoms with van der Waals surface area (Å²) >= 11 is 0. The molecule has 0 unspecified atom stereocenters. The fourth-order valence-electron chi connectivity index (χ4n) is 3.64. The molecule has 3 fully saturated rings. The van der Waals surface area contributed by atoms with Crippen molar-refractivity contribution in [2.45, 2.75) is 32.6 Å². The summed E-state index contributed by atoms with van der Waals surface area (Å²) in [6.45, 7) is 8.89. The van der Waals surface area contributed by atoms with E-state index in [0.717, 1.165) is 13.1 Å². The lowest BCUT2D eigenvalue weighted by molar-refractivity contribution is -0.170. The van der Waals surface area contributed by atoms with Gasteiger partial charge in [-0.1, -0.05) is 0 Å². The molecule has 0 bridgehead atoms. The van der Waals surface area contributed by atoms with Gasteiger partial charge in [0.25, 0.3) is 0 Å². The Labute approximate surface area is 116 Å². The molecule has 3 aliphatic rings. The van der Waals surface area contributed by atoms with E-state index in [-0.39, 0.29) is 5.41 Å². The Morgan fingerprint density at radius 2 is 1.95 bits per heavy atom. The summed E-state index contributed by atoms with van der Waals surface area (Å²) in [4.78, 5) is 17.2. The number of carbonyl (C=O) groups is 1. The van der Waals surface area contributed by atoms with Crippen molar-refractivity contribution >= 4 is 5.91 Å². The molecule has 0 aromatic heterocycles. The monoisotopic (exact) mass is 266 g/mol. The molecular weight excluding hydrogens is 240 g/mol. The lowest BCUT2D eigenvalue weighted by atomic mass is 9.85. The van der Waals surface area contributed by atoms with Crippen LogP contribution in [0.3, 0.4) is 0 Å². The van der Waals surface area contributed by atoms with Gasteiger partial charge in [0.1, 0.15) is 0 Å². The van der Waals surface area contributed by atoms with Gasteiger partial charge in [0.05, 0.1) is 18.6 Å². The molecule has 0 aliphatic carbocycles. The van der Waals surface area contributed by atoms with Crippen LogP contribution in [0.4, 0.5) is 0 Å². The largest absolute Gasteiger partial charge is 0.379 e. The van der Waals surface area contributed by atoms with Crippen molar-refractivity contribution in [1.29, 1.82) is 0 Å². The molecule has 0 saturated carbocycles. The summed E-state index contributed by atoms with van der Waals surface area (Å²) in [5.41, 5.74) is -0.227. The van der Waals surface area contributed by atoms with Crippen molar-refractivity contribution in [3.8, 4) is 0 Å². The second-order valence-electron chi connectivity index (χ2n) is 6.82. The molecule has 1 atom stereocenters. The third-order valence-electron chi connectivity index (χ3n) is 4.88. The van der Waals surface area contributed by atoms with E-state index in [2.05, 4.69) is 9.80 Å². The van der Waals surface area contributed by atoms with Crippen LogP contribution in [0, 0.1) is 11.3 Å². The molecule has 19 heavy (non-hydrogen) atoms. The Morgan fingerprint density at radius 3 is 2.58 bits per heavy atom. The van der Waals surface area contributed by atoms with Crippen molar-refractivity contribution in [2.75, 3.05) is 45.9 Å². The van der Waals surface area contributed by atoms with Crippen LogP contribution >= 0.6 is 0 Å². The molecule has 108 valence electrons. The Bertz CT molecular complexity index is 335. The molecule has 3 rings (SSSR count). The van der Waals surface area contributed by atoms with Gasteiger partial charge in [0, 0.05) is 19.6 Å². The topological polar surface area (TPSA) is 32.8 Å². The molecule has 3 heterocycles. The molecule has 4 heteroatoms. The predicted molar refractivity (Wildman–Crippen MR) is 73.9 cm³/mol. The van der Waals surface area contributed by atoms with Crippen LogP contribution in [0.1, 0.15) is 32.6 Å². The highest BCUT2D eigenvalue weighted by Crippen LogP contribution is 2.31. The van der Waals surface area contributed by atoms with E-state index >= 15 is 0 Å². The summed E-state index contributed by atoms with van der Waals surface area (Å²) in [6.07, 6.45) is 5.16. The predicted octanol–water partition coefficient (Wildman–Crippen LogP) is 1.36. The van der Waals surface area contributed by atoms with Gasteiger partial charge >= 0.3 is 0 Å². The zero-order valence-corrected chi connectivity index (χ0v) is 12.1. The number of hydrogen-bond donors (Lipinski definition) is 0. The minimum Gasteiger partial charge on any atom is -0.379 e. The molecule has 1 amide bonds. The SMILES string of the molecule is CC1(C(=O)N2CCC[C@H](CN3CCCC3)C2)COC1. The molecule has 0 spiro atoms. The van der Waals surface area contributed by atoms with Gasteiger partial charge in [-0.15, -0.1) is 0 Å². The fraction of sp³-hybridized carbons (Fsp3) is 0.933. The van der Waals surface area contributed by atoms with Gasteiger partial charge in [-0.2, -0.15) is 0 Å². The lowest BCUT2D eigenvalue weighted by Crippen LogP contribution is -2.56. The zero-order valence-electron chi connectivity index (χ0n) is 12.1. The normalized spacial score (nSPS) is 31.2. The van der Waals surface area contributed by atoms with Crippen LogP contribution in [-0.2, 0) is 9.53 Å². The first kappa shape index (κ1) is 13.4. The number of hydrogen-bond acceptors (Lipinski definition) is 3. The first-order valence-corrected chi connectivity index (χ1v) is 7.77. The van der Waals surface area contributed by atoms with Crippen LogP contribution in [0.2, 0.25) is 0 Å². The summed E-state index contributed by atoms with van der Waals surface area (Å²) in [6, 6.07) is 0. The number of rotatable bonds is 3. The van der Waals surface area contributed by atoms with Crippen LogP contribution in [-0.4, -0.2) is 61.6 Å². The van der Waals surface area contributed by atoms with E-state index in [4.69, 9.17) is 4.74 Å². The van der Waals surface area contributed by atoms with Gasteiger partial charge in [0.2, 0.25) is 5.91 Å². The molecule has 3 aliphatic heterocycles. The van der Waals surface area contributed by atoms with Crippen molar-refractivity contribution in [3.05, 3.63) is 0 Å². The highest BCUT2D eigenvalue weighted by Gasteiger charge is 2.44. The first-order valence-electron chi connectivity index (χ1n) is 7.77. The maximum atomic E-state index is 12.5. The second kappa shape index (κ2) is 5.41. The number of piperidine rings is 1. The minimum absolute atomic E-state index is 0.227. The van der Waals surface area contributed by atoms with Gasteiger partial charge < -0.3 is 14.5 Å². The Kier molecular flexibility index (Phi) is 3.81. The van der Waals surface area contributed by atoms with E-state index in [9.17, 15) is 4.79 Å². The number of amides is 1. The van der Waals surface area contributed by atoms with E-state index in [0.29, 0.717) is 25.0 Å². The quantitative estimate of drug-likeness (QED) is 0.773. The molecule has 0 radical (unpaired) electrons. The minimum atomic E-state index is -0.227. The summed E-state index contributed by atoms with van der Waals surface area (Å²) < 4.78 is 5.23. The lowest BCUT2D eigenvalue weighted by Gasteiger charge is -2.43. The van der Waals surface area contributed by atoms with Gasteiger partial charge in [-0.25, -0.2) is 0 Å². The smallest absolute Gasteiger partial charge is 0.233 e. The highest BCUT2D eigenvalue weighted by molar-refractivity contribution is 5.83. The van der Waals surface area contributed by atoms with E-state index in [1.807, 2.05) is 6.92 Å². The maximum absolute atomic E-state index is 12.5. The summed E-state index contributed by atoms with van der Waals surface area (Å²) in [5.74, 6) is 1.00. The highest BCUT2D eigenvalue weighted by atomic mass is 16.5. The van der Waals surface area contributed by atoms with Crippen LogP contribution < -0.4 is 0 Å². The average Bonchev–Trinajstić information content (AvgIpc) is 2.88. The molecular formula is C15H26N2O2. The van der Waals surface area contributed by atoms with Gasteiger partial charge in [0.15, 0.2) is 0 Å². The van der Waals surface area contributed by atoms with Gasteiger partial charge in [-0.05, 0) is 51.6 Å². The number of likely N-dealkylation sites (tertiary alicyclic amines) is 2. The second-order valence-corrected chi connectivity index (χ2v) is 6.82. The van der Waals surface area contributed by atoms with Crippen molar-refractivity contribution in [3.63, 3.8) is 0 Å². The zero-order chi connectivity index (χ0) is 13.3. The Morgan fingerprint density at radius 1 is 1.21 bits per heavy atom. The van der Waals surface area contributed by atoms with E-state index in [1.165, 1.54) is 45.3 Å². The molecule has 4 nitrogen and oxygen atoms in total. The van der Waals surface area contributed by atoms with Crippen LogP contribution in [0.5, 0.6) is 0 Å². The molecule has 0 aromatic rings. The van der Waals surface area contributed by atoms with Crippen molar-refractivity contribution in [2.24, 2.45) is 11.3 Å². The van der Waals surface area contributed by atoms with Crippen molar-refractivity contribution in [1.82, 2.24) is 9.80 Å². The number of carbonyl (C=O) groups excluding carboxylic acids is 1. The van der Waals surface area contributed by atoms with E-state index in [1.54, 1.807) is 0 Å². The number of nitrogens with zero attached hydrogens (tertiary/aromatic N) is 2. The van der Waals surface area contributed by atoms with Crippen LogP contribution in [0.25, 0.3) is 0 Å². The van der Waals surface area contributed by atoms with E-state index < -0.39 is 0 Å². The first-order chi connectivity index (χ1) is 9.17. The molecule has 0 aromatic carbocycles. The summed E-state index contributed by atoms with van der Waals surface area (Å²) in [7, 11) is 0. The third-order valence-corrected chi connectivity index (χ3v) is 4.88. The summed E-state index contributed by atoms with van der Waals surface area (Å²) in [5, 5.41) is 0. The van der Waals surface area contributed by atoms with Gasteiger partial charge in [-0.3, -0.25) is 4.79 Å². The maximum Gasteiger partial charge on any atom is 0.233 e. The Hall–Kier alpha value is -0.610. The number of ether oxygens (including phenoxy) is 1. The molecule has 0 N–H and O–H groups in total. The third kappa shape index (κ3) is 2.79. The Balaban J connectivity index is 1.53. The average molecular weight is 266 g/mol. The standard InChI is InChI=1S/C15H26N2O2/c1-15(11-19-12-15)14(18)17-8-4-5-13(10-17)9-16-6-2-3-7-16/h13H,2-12H2,1H3/t13-/m1/s1. The van der Waals surface area contributed by atoms with Crippen LogP contribution in [0.15, 0.2) is 0 Å².